The van der Waals surface area contributed by atoms with Gasteiger partial charge in [-0.05, 0) is 43.1 Å². The van der Waals surface area contributed by atoms with E-state index in [-0.39, 0.29) is 0 Å². The highest BCUT2D eigenvalue weighted by Gasteiger charge is 2.53. The molecule has 1 aromatic heterocycles. The fraction of sp³-hybridized carbons (Fsp3) is 0.583. The molecule has 4 heteroatoms. The molecule has 0 amide bonds. The molecule has 0 aliphatic heterocycles. The number of nitrogens with one attached hydrogen (secondary N) is 1. The number of hydrogen-bond acceptors (Lipinski definition) is 3. The van der Waals surface area contributed by atoms with Gasteiger partial charge >= 0.3 is 0 Å². The molecule has 3 N–H and O–H groups in total. The summed E-state index contributed by atoms with van der Waals surface area (Å²) >= 11 is 6.07. The van der Waals surface area contributed by atoms with Crippen LogP contribution in [0.5, 0.6) is 0 Å². The molecule has 3 rings (SSSR count). The average Bonchev–Trinajstić information content (AvgIpc) is 3.11. The monoisotopic (exact) mass is 237 g/mol. The fourth-order valence-corrected chi connectivity index (χ4v) is 2.67. The number of anilines is 2. The highest BCUT2D eigenvalue weighted by atomic mass is 35.5. The minimum Gasteiger partial charge on any atom is -0.397 e. The number of hydrogen-bond donors (Lipinski definition) is 2. The van der Waals surface area contributed by atoms with Crippen LogP contribution < -0.4 is 11.1 Å². The summed E-state index contributed by atoms with van der Waals surface area (Å²) in [6, 6.07) is 1.74. The minimum absolute atomic E-state index is 0.562. The third-order valence-corrected chi connectivity index (χ3v) is 4.09. The number of halogens is 1. The van der Waals surface area contributed by atoms with Crippen LogP contribution >= 0.6 is 11.6 Å². The van der Waals surface area contributed by atoms with Crippen molar-refractivity contribution in [2.45, 2.75) is 25.7 Å². The molecule has 0 spiro atoms. The number of nitrogens with two attached hydrogens (primary N) is 1. The minimum atomic E-state index is 0.562. The van der Waals surface area contributed by atoms with E-state index in [2.05, 4.69) is 10.3 Å². The second kappa shape index (κ2) is 3.52. The summed E-state index contributed by atoms with van der Waals surface area (Å²) in [6.45, 7) is 1.01. The highest BCUT2D eigenvalue weighted by molar-refractivity contribution is 6.33. The molecule has 0 saturated heterocycles. The van der Waals surface area contributed by atoms with Crippen LogP contribution in [0.2, 0.25) is 5.02 Å². The van der Waals surface area contributed by atoms with E-state index in [0.717, 1.165) is 18.3 Å². The van der Waals surface area contributed by atoms with Crippen molar-refractivity contribution >= 4 is 23.1 Å². The standard InChI is InChI=1S/C12H16ClN3/c13-10-5-9(14)6-15-11(10)16-7-12(3-4-12)8-1-2-8/h5-6,8H,1-4,7,14H2,(H,15,16). The van der Waals surface area contributed by atoms with Gasteiger partial charge in [-0.25, -0.2) is 4.98 Å². The maximum atomic E-state index is 6.07. The van der Waals surface area contributed by atoms with Crippen LogP contribution in [0.1, 0.15) is 25.7 Å². The second-order valence-electron chi connectivity index (χ2n) is 5.09. The summed E-state index contributed by atoms with van der Waals surface area (Å²) in [7, 11) is 0. The lowest BCUT2D eigenvalue weighted by Gasteiger charge is -2.16. The molecule has 0 atom stereocenters. The van der Waals surface area contributed by atoms with E-state index in [1.807, 2.05) is 0 Å². The van der Waals surface area contributed by atoms with Crippen molar-refractivity contribution < 1.29 is 0 Å². The van der Waals surface area contributed by atoms with E-state index in [4.69, 9.17) is 17.3 Å². The summed E-state index contributed by atoms with van der Waals surface area (Å²) in [5.41, 5.74) is 6.78. The van der Waals surface area contributed by atoms with Gasteiger partial charge in [-0.15, -0.1) is 0 Å². The van der Waals surface area contributed by atoms with Gasteiger partial charge in [-0.1, -0.05) is 11.6 Å². The number of aromatic nitrogens is 1. The Morgan fingerprint density at radius 2 is 2.25 bits per heavy atom. The van der Waals surface area contributed by atoms with Crippen molar-refractivity contribution in [2.75, 3.05) is 17.6 Å². The quantitative estimate of drug-likeness (QED) is 0.847. The summed E-state index contributed by atoms with van der Waals surface area (Å²) in [6.07, 6.45) is 7.18. The van der Waals surface area contributed by atoms with Crippen LogP contribution in [-0.2, 0) is 0 Å². The average molecular weight is 238 g/mol. The van der Waals surface area contributed by atoms with Gasteiger partial charge in [0.1, 0.15) is 5.82 Å². The largest absolute Gasteiger partial charge is 0.397 e. The number of rotatable bonds is 4. The predicted molar refractivity (Wildman–Crippen MR) is 66.5 cm³/mol. The zero-order valence-electron chi connectivity index (χ0n) is 9.17. The Hall–Kier alpha value is -0.960. The van der Waals surface area contributed by atoms with Crippen LogP contribution in [0.15, 0.2) is 12.3 Å². The first kappa shape index (κ1) is 10.2. The Labute approximate surface area is 100 Å². The van der Waals surface area contributed by atoms with E-state index in [9.17, 15) is 0 Å². The SMILES string of the molecule is Nc1cnc(NCC2(C3CC3)CC2)c(Cl)c1. The molecule has 0 radical (unpaired) electrons. The molecule has 0 bridgehead atoms. The molecule has 16 heavy (non-hydrogen) atoms. The van der Waals surface area contributed by atoms with Crippen molar-refractivity contribution in [1.29, 1.82) is 0 Å². The van der Waals surface area contributed by atoms with Gasteiger partial charge in [0.25, 0.3) is 0 Å². The van der Waals surface area contributed by atoms with Gasteiger partial charge in [0.05, 0.1) is 16.9 Å². The van der Waals surface area contributed by atoms with Crippen molar-refractivity contribution in [2.24, 2.45) is 11.3 Å². The molecule has 3 nitrogen and oxygen atoms in total. The first-order chi connectivity index (χ1) is 7.70. The summed E-state index contributed by atoms with van der Waals surface area (Å²) in [5.74, 6) is 1.72. The molecule has 2 saturated carbocycles. The predicted octanol–water partition coefficient (Wildman–Crippen LogP) is 2.92. The lowest BCUT2D eigenvalue weighted by molar-refractivity contribution is 0.466. The molecular weight excluding hydrogens is 222 g/mol. The maximum Gasteiger partial charge on any atom is 0.144 e. The fourth-order valence-electron chi connectivity index (χ4n) is 2.43. The van der Waals surface area contributed by atoms with Crippen molar-refractivity contribution in [3.63, 3.8) is 0 Å². The van der Waals surface area contributed by atoms with Gasteiger partial charge in [0.2, 0.25) is 0 Å². The van der Waals surface area contributed by atoms with Crippen LogP contribution in [0, 0.1) is 11.3 Å². The van der Waals surface area contributed by atoms with E-state index >= 15 is 0 Å². The first-order valence-corrected chi connectivity index (χ1v) is 6.22. The zero-order valence-corrected chi connectivity index (χ0v) is 9.93. The highest BCUT2D eigenvalue weighted by Crippen LogP contribution is 2.61. The normalized spacial score (nSPS) is 21.8. The summed E-state index contributed by atoms with van der Waals surface area (Å²) in [4.78, 5) is 4.22. The maximum absolute atomic E-state index is 6.07. The van der Waals surface area contributed by atoms with Crippen LogP contribution in [0.4, 0.5) is 11.5 Å². The Morgan fingerprint density at radius 3 is 2.81 bits per heavy atom. The Morgan fingerprint density at radius 1 is 1.50 bits per heavy atom. The van der Waals surface area contributed by atoms with Gasteiger partial charge in [0.15, 0.2) is 0 Å². The van der Waals surface area contributed by atoms with E-state index < -0.39 is 0 Å². The zero-order chi connectivity index (χ0) is 11.2. The second-order valence-corrected chi connectivity index (χ2v) is 5.50. The van der Waals surface area contributed by atoms with Gasteiger partial charge in [0, 0.05) is 6.54 Å². The van der Waals surface area contributed by atoms with E-state index in [1.54, 1.807) is 12.3 Å². The summed E-state index contributed by atoms with van der Waals surface area (Å²) < 4.78 is 0. The van der Waals surface area contributed by atoms with Crippen LogP contribution in [0.3, 0.4) is 0 Å². The lowest BCUT2D eigenvalue weighted by Crippen LogP contribution is -2.18. The molecule has 86 valence electrons. The summed E-state index contributed by atoms with van der Waals surface area (Å²) in [5, 5.41) is 3.98. The lowest BCUT2D eigenvalue weighted by atomic mass is 10.0. The topological polar surface area (TPSA) is 50.9 Å². The van der Waals surface area contributed by atoms with Crippen LogP contribution in [-0.4, -0.2) is 11.5 Å². The molecule has 1 heterocycles. The van der Waals surface area contributed by atoms with E-state index in [1.165, 1.54) is 25.7 Å². The molecule has 2 aliphatic rings. The molecule has 0 aromatic carbocycles. The van der Waals surface area contributed by atoms with Gasteiger partial charge < -0.3 is 11.1 Å². The Balaban J connectivity index is 1.66. The van der Waals surface area contributed by atoms with Gasteiger partial charge in [-0.3, -0.25) is 0 Å². The number of nitrogen functional groups attached to an aromatic ring is 1. The first-order valence-electron chi connectivity index (χ1n) is 5.84. The van der Waals surface area contributed by atoms with Crippen molar-refractivity contribution in [3.8, 4) is 0 Å². The van der Waals surface area contributed by atoms with E-state index in [0.29, 0.717) is 16.1 Å². The smallest absolute Gasteiger partial charge is 0.144 e. The molecule has 1 aromatic rings. The van der Waals surface area contributed by atoms with Crippen molar-refractivity contribution in [3.05, 3.63) is 17.3 Å². The molecule has 2 aliphatic carbocycles. The molecule has 2 fully saturated rings. The Bertz CT molecular complexity index is 411. The Kier molecular flexibility index (Phi) is 2.25. The molecular formula is C12H16ClN3. The van der Waals surface area contributed by atoms with Crippen molar-refractivity contribution in [1.82, 2.24) is 4.98 Å². The third kappa shape index (κ3) is 1.84. The number of nitrogens with zero attached hydrogens (tertiary/aromatic N) is 1. The molecule has 0 unspecified atom stereocenters. The van der Waals surface area contributed by atoms with Gasteiger partial charge in [-0.2, -0.15) is 0 Å². The van der Waals surface area contributed by atoms with Crippen LogP contribution in [0.25, 0.3) is 0 Å². The third-order valence-electron chi connectivity index (χ3n) is 3.81. The number of pyridine rings is 1.